The highest BCUT2D eigenvalue weighted by molar-refractivity contribution is 5.49. The van der Waals surface area contributed by atoms with Gasteiger partial charge in [-0.25, -0.2) is 0 Å². The van der Waals surface area contributed by atoms with Gasteiger partial charge < -0.3 is 4.79 Å². The highest BCUT2D eigenvalue weighted by Crippen LogP contribution is 2.31. The summed E-state index contributed by atoms with van der Waals surface area (Å²) in [5, 5.41) is 0. The Morgan fingerprint density at radius 2 is 1.68 bits per heavy atom. The van der Waals surface area contributed by atoms with Crippen LogP contribution in [0.4, 0.5) is 0 Å². The molecule has 0 fully saturated rings. The van der Waals surface area contributed by atoms with Gasteiger partial charge in [0.2, 0.25) is 0 Å². The lowest BCUT2D eigenvalue weighted by Crippen LogP contribution is -2.12. The molecule has 106 valence electrons. The Balaban J connectivity index is 2.82. The van der Waals surface area contributed by atoms with Gasteiger partial charge in [0, 0.05) is 6.42 Å². The standard InChI is InChI=1S/C18H28O/c1-14(2)17(8-6-7-13-19)15-9-11-16(12-10-15)18(3,4)5/h9-14,17H,6-8H2,1-5H3/t17-/m0/s1. The summed E-state index contributed by atoms with van der Waals surface area (Å²) in [4.78, 5) is 10.4. The molecule has 19 heavy (non-hydrogen) atoms. The van der Waals surface area contributed by atoms with E-state index in [0.717, 1.165) is 19.1 Å². The van der Waals surface area contributed by atoms with Gasteiger partial charge in [-0.2, -0.15) is 0 Å². The molecule has 0 saturated heterocycles. The summed E-state index contributed by atoms with van der Waals surface area (Å²) in [6.07, 6.45) is 3.81. The first-order chi connectivity index (χ1) is 8.86. The fourth-order valence-corrected chi connectivity index (χ4v) is 2.54. The van der Waals surface area contributed by atoms with Crippen LogP contribution in [-0.2, 0) is 10.2 Å². The van der Waals surface area contributed by atoms with Crippen molar-refractivity contribution in [3.63, 3.8) is 0 Å². The maximum Gasteiger partial charge on any atom is 0.119 e. The first-order valence-corrected chi connectivity index (χ1v) is 7.40. The first kappa shape index (κ1) is 15.9. The van der Waals surface area contributed by atoms with Gasteiger partial charge in [-0.3, -0.25) is 0 Å². The largest absolute Gasteiger partial charge is 0.303 e. The van der Waals surface area contributed by atoms with Crippen LogP contribution in [0.25, 0.3) is 0 Å². The molecule has 0 aliphatic carbocycles. The Kier molecular flexibility index (Phi) is 5.78. The van der Waals surface area contributed by atoms with Gasteiger partial charge in [-0.05, 0) is 41.2 Å². The zero-order chi connectivity index (χ0) is 14.5. The molecule has 1 nitrogen and oxygen atoms in total. The van der Waals surface area contributed by atoms with Gasteiger partial charge >= 0.3 is 0 Å². The highest BCUT2D eigenvalue weighted by atomic mass is 16.1. The number of rotatable bonds is 6. The van der Waals surface area contributed by atoms with Crippen molar-refractivity contribution in [1.82, 2.24) is 0 Å². The minimum atomic E-state index is 0.212. The van der Waals surface area contributed by atoms with Crippen molar-refractivity contribution >= 4 is 6.29 Å². The van der Waals surface area contributed by atoms with E-state index < -0.39 is 0 Å². The average molecular weight is 260 g/mol. The van der Waals surface area contributed by atoms with Crippen LogP contribution >= 0.6 is 0 Å². The van der Waals surface area contributed by atoms with Crippen molar-refractivity contribution in [1.29, 1.82) is 0 Å². The fourth-order valence-electron chi connectivity index (χ4n) is 2.54. The minimum absolute atomic E-state index is 0.212. The molecule has 0 saturated carbocycles. The van der Waals surface area contributed by atoms with Crippen LogP contribution in [0.5, 0.6) is 0 Å². The van der Waals surface area contributed by atoms with Crippen molar-refractivity contribution < 1.29 is 4.79 Å². The Morgan fingerprint density at radius 1 is 1.11 bits per heavy atom. The molecule has 1 aromatic rings. The van der Waals surface area contributed by atoms with E-state index in [2.05, 4.69) is 58.9 Å². The van der Waals surface area contributed by atoms with Crippen LogP contribution in [0, 0.1) is 5.92 Å². The average Bonchev–Trinajstić information content (AvgIpc) is 2.33. The van der Waals surface area contributed by atoms with Gasteiger partial charge in [0.05, 0.1) is 0 Å². The Labute approximate surface area is 118 Å². The Bertz CT molecular complexity index is 381. The van der Waals surface area contributed by atoms with Crippen LogP contribution in [0.15, 0.2) is 24.3 Å². The third-order valence-corrected chi connectivity index (χ3v) is 3.85. The van der Waals surface area contributed by atoms with Crippen molar-refractivity contribution in [2.24, 2.45) is 5.92 Å². The van der Waals surface area contributed by atoms with E-state index in [1.54, 1.807) is 0 Å². The number of hydrogen-bond donors (Lipinski definition) is 0. The molecule has 1 aromatic carbocycles. The molecule has 0 spiro atoms. The lowest BCUT2D eigenvalue weighted by molar-refractivity contribution is -0.107. The molecule has 1 atom stereocenters. The SMILES string of the molecule is CC(C)[C@H](CCCC=O)c1ccc(C(C)(C)C)cc1. The van der Waals surface area contributed by atoms with Gasteiger partial charge in [0.1, 0.15) is 6.29 Å². The highest BCUT2D eigenvalue weighted by Gasteiger charge is 2.17. The summed E-state index contributed by atoms with van der Waals surface area (Å²) in [5.74, 6) is 1.18. The summed E-state index contributed by atoms with van der Waals surface area (Å²) < 4.78 is 0. The van der Waals surface area contributed by atoms with E-state index in [0.29, 0.717) is 18.3 Å². The van der Waals surface area contributed by atoms with E-state index >= 15 is 0 Å². The second kappa shape index (κ2) is 6.88. The molecule has 0 unspecified atom stereocenters. The summed E-state index contributed by atoms with van der Waals surface area (Å²) in [7, 11) is 0. The molecule has 0 radical (unpaired) electrons. The molecule has 0 N–H and O–H groups in total. The van der Waals surface area contributed by atoms with Crippen molar-refractivity contribution in [3.05, 3.63) is 35.4 Å². The van der Waals surface area contributed by atoms with Gasteiger partial charge in [0.15, 0.2) is 0 Å². The van der Waals surface area contributed by atoms with E-state index in [1.165, 1.54) is 11.1 Å². The number of carbonyl (C=O) groups excluding carboxylic acids is 1. The zero-order valence-corrected chi connectivity index (χ0v) is 13.1. The molecule has 0 aliphatic rings. The molecule has 0 aliphatic heterocycles. The fraction of sp³-hybridized carbons (Fsp3) is 0.611. The summed E-state index contributed by atoms with van der Waals surface area (Å²) >= 11 is 0. The zero-order valence-electron chi connectivity index (χ0n) is 13.1. The molecule has 0 heterocycles. The number of aldehydes is 1. The molecular formula is C18H28O. The van der Waals surface area contributed by atoms with Crippen LogP contribution < -0.4 is 0 Å². The molecule has 0 bridgehead atoms. The van der Waals surface area contributed by atoms with E-state index in [9.17, 15) is 4.79 Å². The summed E-state index contributed by atoms with van der Waals surface area (Å²) in [6, 6.07) is 9.05. The maximum absolute atomic E-state index is 10.4. The predicted molar refractivity (Wildman–Crippen MR) is 82.6 cm³/mol. The van der Waals surface area contributed by atoms with E-state index in [4.69, 9.17) is 0 Å². The monoisotopic (exact) mass is 260 g/mol. The Morgan fingerprint density at radius 3 is 2.11 bits per heavy atom. The lowest BCUT2D eigenvalue weighted by atomic mass is 9.81. The van der Waals surface area contributed by atoms with Crippen LogP contribution in [0.3, 0.4) is 0 Å². The second-order valence-electron chi connectivity index (χ2n) is 6.82. The molecule has 1 rings (SSSR count). The van der Waals surface area contributed by atoms with Gasteiger partial charge in [-0.15, -0.1) is 0 Å². The van der Waals surface area contributed by atoms with Crippen LogP contribution in [0.1, 0.15) is 70.9 Å². The predicted octanol–water partition coefficient (Wildman–Crippen LogP) is 5.09. The van der Waals surface area contributed by atoms with E-state index in [1.807, 2.05) is 0 Å². The van der Waals surface area contributed by atoms with E-state index in [-0.39, 0.29) is 5.41 Å². The third kappa shape index (κ3) is 4.81. The van der Waals surface area contributed by atoms with Crippen molar-refractivity contribution in [2.45, 2.75) is 65.2 Å². The maximum atomic E-state index is 10.4. The first-order valence-electron chi connectivity index (χ1n) is 7.40. The van der Waals surface area contributed by atoms with Crippen LogP contribution in [0.2, 0.25) is 0 Å². The smallest absolute Gasteiger partial charge is 0.119 e. The molecular weight excluding hydrogens is 232 g/mol. The number of benzene rings is 1. The lowest BCUT2D eigenvalue weighted by Gasteiger charge is -2.24. The quantitative estimate of drug-likeness (QED) is 0.514. The number of hydrogen-bond acceptors (Lipinski definition) is 1. The number of carbonyl (C=O) groups is 1. The third-order valence-electron chi connectivity index (χ3n) is 3.85. The van der Waals surface area contributed by atoms with Crippen molar-refractivity contribution in [2.75, 3.05) is 0 Å². The topological polar surface area (TPSA) is 17.1 Å². The van der Waals surface area contributed by atoms with Gasteiger partial charge in [0.25, 0.3) is 0 Å². The summed E-state index contributed by atoms with van der Waals surface area (Å²) in [5.41, 5.74) is 3.00. The summed E-state index contributed by atoms with van der Waals surface area (Å²) in [6.45, 7) is 11.3. The van der Waals surface area contributed by atoms with Gasteiger partial charge in [-0.1, -0.05) is 58.9 Å². The molecule has 1 heteroatoms. The second-order valence-corrected chi connectivity index (χ2v) is 6.82. The number of unbranched alkanes of at least 4 members (excludes halogenated alkanes) is 1. The van der Waals surface area contributed by atoms with Crippen molar-refractivity contribution in [3.8, 4) is 0 Å². The normalized spacial score (nSPS) is 13.6. The van der Waals surface area contributed by atoms with Crippen LogP contribution in [-0.4, -0.2) is 6.29 Å². The minimum Gasteiger partial charge on any atom is -0.303 e. The molecule has 0 aromatic heterocycles. The Hall–Kier alpha value is -1.11. The molecule has 0 amide bonds.